The van der Waals surface area contributed by atoms with Gasteiger partial charge < -0.3 is 19.5 Å². The van der Waals surface area contributed by atoms with E-state index in [1.165, 1.54) is 11.8 Å². The highest BCUT2D eigenvalue weighted by Gasteiger charge is 2.44. The van der Waals surface area contributed by atoms with E-state index >= 15 is 0 Å². The number of aromatic nitrogens is 1. The number of halogens is 9. The molecule has 1 unspecified atom stereocenters. The Morgan fingerprint density at radius 3 is 2.05 bits per heavy atom. The number of ether oxygens (including phenoxy) is 2. The van der Waals surface area contributed by atoms with Crippen LogP contribution in [0, 0.1) is 0 Å². The van der Waals surface area contributed by atoms with Gasteiger partial charge in [0.05, 0.1) is 35.7 Å². The molecule has 2 aliphatic rings. The second-order valence-corrected chi connectivity index (χ2v) is 10.4. The molecule has 1 aromatic carbocycles. The highest BCUT2D eigenvalue weighted by molar-refractivity contribution is 5.72. The Labute approximate surface area is 244 Å². The van der Waals surface area contributed by atoms with E-state index in [0.717, 1.165) is 11.0 Å². The second-order valence-electron chi connectivity index (χ2n) is 10.4. The number of carboxylic acid groups (broad SMARTS) is 1. The number of pyridine rings is 1. The lowest BCUT2D eigenvalue weighted by Gasteiger charge is -2.36. The number of carboxylic acids is 1. The maximum atomic E-state index is 13.7. The van der Waals surface area contributed by atoms with Gasteiger partial charge in [0, 0.05) is 37.6 Å². The van der Waals surface area contributed by atoms with Crippen molar-refractivity contribution in [2.45, 2.75) is 69.4 Å². The highest BCUT2D eigenvalue weighted by atomic mass is 19.4. The van der Waals surface area contributed by atoms with Crippen LogP contribution in [0.4, 0.5) is 50.1 Å². The number of carbonyl (C=O) groups excluding carboxylic acids is 1. The summed E-state index contributed by atoms with van der Waals surface area (Å²) in [6.45, 7) is 1.07. The van der Waals surface area contributed by atoms with Gasteiger partial charge in [0.1, 0.15) is 11.9 Å². The fourth-order valence-corrected chi connectivity index (χ4v) is 5.19. The van der Waals surface area contributed by atoms with Crippen molar-refractivity contribution in [2.75, 3.05) is 24.7 Å². The Balaban J connectivity index is 1.74. The summed E-state index contributed by atoms with van der Waals surface area (Å²) in [6, 6.07) is -0.135. The molecule has 3 heterocycles. The molecule has 1 amide bonds. The van der Waals surface area contributed by atoms with Crippen LogP contribution >= 0.6 is 0 Å². The first-order chi connectivity index (χ1) is 20.4. The molecule has 17 heteroatoms. The fraction of sp³-hybridized carbons (Fsp3) is 0.519. The minimum absolute atomic E-state index is 0.0620. The van der Waals surface area contributed by atoms with Gasteiger partial charge in [-0.1, -0.05) is 0 Å². The van der Waals surface area contributed by atoms with Crippen LogP contribution in [-0.4, -0.2) is 58.9 Å². The van der Waals surface area contributed by atoms with Crippen molar-refractivity contribution in [1.29, 1.82) is 0 Å². The number of alkyl halides is 9. The molecule has 2 saturated heterocycles. The van der Waals surface area contributed by atoms with Gasteiger partial charge in [-0.15, -0.1) is 0 Å². The third kappa shape index (κ3) is 7.47. The van der Waals surface area contributed by atoms with Crippen LogP contribution in [-0.2, 0) is 39.3 Å². The molecule has 2 atom stereocenters. The Kier molecular flexibility index (Phi) is 9.28. The van der Waals surface area contributed by atoms with E-state index in [2.05, 4.69) is 4.98 Å². The van der Waals surface area contributed by atoms with Crippen molar-refractivity contribution >= 4 is 17.9 Å². The number of carbonyl (C=O) groups is 2. The highest BCUT2D eigenvalue weighted by Crippen LogP contribution is 2.42. The standard InChI is InChI=1S/C27H26F9N3O5/c1-14-22(15-8-17(25(28,29)30)11-18(9-15)26(31,32)33)44-24(42)39(14)13-16-10-19(27(34,35)36)12-37-23(16)38(5-2-21(40)41)20-3-6-43-7-4-20/h8-12,14,20,22H,2-7,13H2,1H3,(H,40,41)/t14?,22-/m0/s1. The lowest BCUT2D eigenvalue weighted by molar-refractivity contribution is -0.143. The van der Waals surface area contributed by atoms with E-state index in [4.69, 9.17) is 9.47 Å². The van der Waals surface area contributed by atoms with Gasteiger partial charge in [-0.2, -0.15) is 39.5 Å². The summed E-state index contributed by atoms with van der Waals surface area (Å²) in [7, 11) is 0. The van der Waals surface area contributed by atoms with Gasteiger partial charge in [0.25, 0.3) is 0 Å². The van der Waals surface area contributed by atoms with Crippen LogP contribution in [0.5, 0.6) is 0 Å². The molecule has 2 fully saturated rings. The van der Waals surface area contributed by atoms with Crippen molar-refractivity contribution in [3.05, 3.63) is 58.3 Å². The molecule has 242 valence electrons. The summed E-state index contributed by atoms with van der Waals surface area (Å²) in [5.74, 6) is -1.25. The number of cyclic esters (lactones) is 1. The first-order valence-corrected chi connectivity index (χ1v) is 13.2. The summed E-state index contributed by atoms with van der Waals surface area (Å²) < 4.78 is 132. The summed E-state index contributed by atoms with van der Waals surface area (Å²) in [4.78, 5) is 30.7. The third-order valence-electron chi connectivity index (χ3n) is 7.41. The largest absolute Gasteiger partial charge is 0.481 e. The topological polar surface area (TPSA) is 92.2 Å². The molecule has 0 radical (unpaired) electrons. The maximum Gasteiger partial charge on any atom is 0.417 e. The third-order valence-corrected chi connectivity index (χ3v) is 7.41. The summed E-state index contributed by atoms with van der Waals surface area (Å²) in [6.07, 6.45) is -17.1. The second kappa shape index (κ2) is 12.3. The van der Waals surface area contributed by atoms with Gasteiger partial charge in [-0.25, -0.2) is 9.78 Å². The number of aliphatic carboxylic acids is 1. The Morgan fingerprint density at radius 2 is 1.52 bits per heavy atom. The van der Waals surface area contributed by atoms with Crippen LogP contribution in [0.1, 0.15) is 60.1 Å². The first kappa shape index (κ1) is 33.1. The molecule has 4 rings (SSSR count). The average molecular weight is 644 g/mol. The quantitative estimate of drug-likeness (QED) is 0.321. The van der Waals surface area contributed by atoms with Crippen LogP contribution < -0.4 is 4.90 Å². The van der Waals surface area contributed by atoms with E-state index in [9.17, 15) is 54.2 Å². The predicted octanol–water partition coefficient (Wildman–Crippen LogP) is 6.68. The van der Waals surface area contributed by atoms with Crippen molar-refractivity contribution in [3.8, 4) is 0 Å². The SMILES string of the molecule is CC1[C@@H](c2cc(C(F)(F)F)cc(C(F)(F)F)c2)OC(=O)N1Cc1cc(C(F)(F)F)cnc1N(CCC(=O)O)C1CCOCC1. The fourth-order valence-electron chi connectivity index (χ4n) is 5.19. The lowest BCUT2D eigenvalue weighted by Crippen LogP contribution is -2.42. The molecule has 1 N–H and O–H groups in total. The van der Waals surface area contributed by atoms with E-state index in [-0.39, 0.29) is 43.2 Å². The van der Waals surface area contributed by atoms with Gasteiger partial charge in [-0.3, -0.25) is 9.69 Å². The number of hydrogen-bond donors (Lipinski definition) is 1. The molecule has 2 aromatic rings. The van der Waals surface area contributed by atoms with E-state index in [0.29, 0.717) is 31.2 Å². The number of anilines is 1. The molecule has 0 spiro atoms. The van der Waals surface area contributed by atoms with Gasteiger partial charge in [-0.05, 0) is 49.6 Å². The van der Waals surface area contributed by atoms with Crippen molar-refractivity contribution in [1.82, 2.24) is 9.88 Å². The van der Waals surface area contributed by atoms with Crippen molar-refractivity contribution in [2.24, 2.45) is 0 Å². The molecule has 8 nitrogen and oxygen atoms in total. The van der Waals surface area contributed by atoms with E-state index in [1.54, 1.807) is 0 Å². The van der Waals surface area contributed by atoms with E-state index < -0.39 is 78.0 Å². The zero-order valence-electron chi connectivity index (χ0n) is 22.9. The Bertz CT molecular complexity index is 1340. The molecule has 0 bridgehead atoms. The molecular weight excluding hydrogens is 617 g/mol. The van der Waals surface area contributed by atoms with Gasteiger partial charge in [0.2, 0.25) is 0 Å². The van der Waals surface area contributed by atoms with Crippen molar-refractivity contribution < 1.29 is 63.7 Å². The van der Waals surface area contributed by atoms with Gasteiger partial charge in [0.15, 0.2) is 0 Å². The van der Waals surface area contributed by atoms with Crippen LogP contribution in [0.15, 0.2) is 30.5 Å². The molecule has 0 aliphatic carbocycles. The Hall–Kier alpha value is -3.76. The average Bonchev–Trinajstić information content (AvgIpc) is 3.21. The number of hydrogen-bond acceptors (Lipinski definition) is 6. The first-order valence-electron chi connectivity index (χ1n) is 13.2. The van der Waals surface area contributed by atoms with Crippen LogP contribution in [0.25, 0.3) is 0 Å². The molecule has 1 aromatic heterocycles. The minimum Gasteiger partial charge on any atom is -0.481 e. The summed E-state index contributed by atoms with van der Waals surface area (Å²) >= 11 is 0. The van der Waals surface area contributed by atoms with Crippen molar-refractivity contribution in [3.63, 3.8) is 0 Å². The van der Waals surface area contributed by atoms with Crippen LogP contribution in [0.2, 0.25) is 0 Å². The summed E-state index contributed by atoms with van der Waals surface area (Å²) in [5.41, 5.74) is -5.23. The number of rotatable bonds is 8. The normalized spacial score (nSPS) is 20.1. The molecule has 2 aliphatic heterocycles. The Morgan fingerprint density at radius 1 is 0.955 bits per heavy atom. The predicted molar refractivity (Wildman–Crippen MR) is 133 cm³/mol. The molecule has 44 heavy (non-hydrogen) atoms. The zero-order valence-corrected chi connectivity index (χ0v) is 22.9. The van der Waals surface area contributed by atoms with Gasteiger partial charge >= 0.3 is 30.6 Å². The molecule has 0 saturated carbocycles. The summed E-state index contributed by atoms with van der Waals surface area (Å²) in [5, 5.41) is 9.27. The zero-order chi connectivity index (χ0) is 32.6. The van der Waals surface area contributed by atoms with E-state index in [1.807, 2.05) is 0 Å². The monoisotopic (exact) mass is 643 g/mol. The number of nitrogens with zero attached hydrogens (tertiary/aromatic N) is 3. The van der Waals surface area contributed by atoms with Crippen LogP contribution in [0.3, 0.4) is 0 Å². The number of amides is 1. The minimum atomic E-state index is -5.16. The molecular formula is C27H26F9N3O5. The lowest BCUT2D eigenvalue weighted by atomic mass is 9.97. The smallest absolute Gasteiger partial charge is 0.417 e. The number of benzene rings is 1. The maximum absolute atomic E-state index is 13.7.